The standard InChI is InChI=1S/C26H22BrClFN3O2/c1-26(2,3)25-31-22-9-8-18(27)13-20(22)24(33)32(25)30-14-16-7-10-23(21(28)12-16)34-15-17-5-4-6-19(29)11-17/h4-14H,15H2,1-3H3. The molecule has 0 aliphatic heterocycles. The van der Waals surface area contributed by atoms with Crippen molar-refractivity contribution in [3.63, 3.8) is 0 Å². The monoisotopic (exact) mass is 541 g/mol. The fourth-order valence-corrected chi connectivity index (χ4v) is 3.97. The number of hydrogen-bond acceptors (Lipinski definition) is 4. The van der Waals surface area contributed by atoms with Crippen molar-refractivity contribution in [2.75, 3.05) is 0 Å². The van der Waals surface area contributed by atoms with E-state index in [0.29, 0.717) is 38.6 Å². The molecule has 3 aromatic carbocycles. The predicted molar refractivity (Wildman–Crippen MR) is 138 cm³/mol. The third-order valence-corrected chi connectivity index (χ3v) is 5.83. The van der Waals surface area contributed by atoms with E-state index in [4.69, 9.17) is 21.3 Å². The summed E-state index contributed by atoms with van der Waals surface area (Å²) >= 11 is 9.80. The van der Waals surface area contributed by atoms with Gasteiger partial charge in [-0.05, 0) is 59.7 Å². The zero-order valence-corrected chi connectivity index (χ0v) is 21.2. The summed E-state index contributed by atoms with van der Waals surface area (Å²) in [5, 5.41) is 5.31. The second-order valence-corrected chi connectivity index (χ2v) is 10.1. The Morgan fingerprint density at radius 2 is 1.94 bits per heavy atom. The Balaban J connectivity index is 1.64. The molecule has 4 rings (SSSR count). The van der Waals surface area contributed by atoms with E-state index in [9.17, 15) is 9.18 Å². The number of rotatable bonds is 5. The Hall–Kier alpha value is -3.03. The SMILES string of the molecule is CC(C)(C)c1nc2ccc(Br)cc2c(=O)n1N=Cc1ccc(OCc2cccc(F)c2)c(Cl)c1. The van der Waals surface area contributed by atoms with Crippen LogP contribution < -0.4 is 10.3 Å². The molecule has 1 heterocycles. The van der Waals surface area contributed by atoms with Gasteiger partial charge in [-0.25, -0.2) is 9.37 Å². The minimum absolute atomic E-state index is 0.188. The van der Waals surface area contributed by atoms with Crippen LogP contribution in [0.5, 0.6) is 5.75 Å². The van der Waals surface area contributed by atoms with Crippen molar-refractivity contribution >= 4 is 44.6 Å². The summed E-state index contributed by atoms with van der Waals surface area (Å²) in [5.41, 5.74) is 1.33. The molecule has 5 nitrogen and oxygen atoms in total. The molecule has 1 aromatic heterocycles. The third kappa shape index (κ3) is 5.37. The molecule has 0 bridgehead atoms. The number of hydrogen-bond donors (Lipinski definition) is 0. The lowest BCUT2D eigenvalue weighted by Crippen LogP contribution is -2.29. The molecule has 0 aliphatic carbocycles. The van der Waals surface area contributed by atoms with Crippen LogP contribution in [-0.2, 0) is 12.0 Å². The molecule has 34 heavy (non-hydrogen) atoms. The van der Waals surface area contributed by atoms with Gasteiger partial charge in [-0.3, -0.25) is 4.79 Å². The largest absolute Gasteiger partial charge is 0.487 e. The first-order chi connectivity index (χ1) is 16.1. The van der Waals surface area contributed by atoms with Crippen molar-refractivity contribution < 1.29 is 9.13 Å². The maximum atomic E-state index is 13.4. The Labute approximate surface area is 210 Å². The number of benzene rings is 3. The van der Waals surface area contributed by atoms with Gasteiger partial charge < -0.3 is 4.74 Å². The van der Waals surface area contributed by atoms with Gasteiger partial charge in [0.25, 0.3) is 5.56 Å². The highest BCUT2D eigenvalue weighted by molar-refractivity contribution is 9.10. The molecule has 4 aromatic rings. The third-order valence-electron chi connectivity index (χ3n) is 5.04. The molecule has 0 saturated heterocycles. The molecule has 0 atom stereocenters. The molecular formula is C26H22BrClFN3O2. The number of ether oxygens (including phenoxy) is 1. The van der Waals surface area contributed by atoms with Crippen LogP contribution in [0.4, 0.5) is 4.39 Å². The van der Waals surface area contributed by atoms with Crippen molar-refractivity contribution in [2.24, 2.45) is 5.10 Å². The Morgan fingerprint density at radius 1 is 1.15 bits per heavy atom. The first kappa shape index (κ1) is 24.1. The lowest BCUT2D eigenvalue weighted by molar-refractivity contribution is 0.306. The van der Waals surface area contributed by atoms with Crippen LogP contribution in [0.1, 0.15) is 37.7 Å². The van der Waals surface area contributed by atoms with E-state index in [0.717, 1.165) is 4.47 Å². The summed E-state index contributed by atoms with van der Waals surface area (Å²) in [5.74, 6) is 0.691. The van der Waals surface area contributed by atoms with E-state index in [1.165, 1.54) is 16.8 Å². The quantitative estimate of drug-likeness (QED) is 0.263. The molecule has 0 spiro atoms. The van der Waals surface area contributed by atoms with Crippen molar-refractivity contribution in [2.45, 2.75) is 32.8 Å². The molecule has 0 radical (unpaired) electrons. The maximum absolute atomic E-state index is 13.4. The molecule has 8 heteroatoms. The predicted octanol–water partition coefficient (Wildman–Crippen LogP) is 6.71. The summed E-state index contributed by atoms with van der Waals surface area (Å²) in [6.07, 6.45) is 1.56. The van der Waals surface area contributed by atoms with E-state index < -0.39 is 5.41 Å². The fraction of sp³-hybridized carbons (Fsp3) is 0.192. The Bertz CT molecular complexity index is 1460. The number of aromatic nitrogens is 2. The Kier molecular flexibility index (Phi) is 6.86. The molecule has 0 fully saturated rings. The van der Waals surface area contributed by atoms with Gasteiger partial charge in [0.2, 0.25) is 0 Å². The van der Waals surface area contributed by atoms with Gasteiger partial charge in [0.15, 0.2) is 0 Å². The van der Waals surface area contributed by atoms with E-state index >= 15 is 0 Å². The van der Waals surface area contributed by atoms with Crippen molar-refractivity contribution in [3.05, 3.63) is 103 Å². The van der Waals surface area contributed by atoms with Gasteiger partial charge in [0, 0.05) is 9.89 Å². The normalized spacial score (nSPS) is 11.9. The van der Waals surface area contributed by atoms with Gasteiger partial charge in [0.05, 0.1) is 22.1 Å². The van der Waals surface area contributed by atoms with Crippen molar-refractivity contribution in [1.29, 1.82) is 0 Å². The maximum Gasteiger partial charge on any atom is 0.282 e. The molecule has 0 amide bonds. The van der Waals surface area contributed by atoms with Gasteiger partial charge >= 0.3 is 0 Å². The molecule has 174 valence electrons. The summed E-state index contributed by atoms with van der Waals surface area (Å²) in [7, 11) is 0. The highest BCUT2D eigenvalue weighted by atomic mass is 79.9. The van der Waals surface area contributed by atoms with Gasteiger partial charge in [-0.15, -0.1) is 0 Å². The van der Waals surface area contributed by atoms with Crippen LogP contribution in [0.2, 0.25) is 5.02 Å². The van der Waals surface area contributed by atoms with Crippen molar-refractivity contribution in [1.82, 2.24) is 9.66 Å². The second-order valence-electron chi connectivity index (χ2n) is 8.82. The fourth-order valence-electron chi connectivity index (χ4n) is 3.37. The van der Waals surface area contributed by atoms with Gasteiger partial charge in [0.1, 0.15) is 24.0 Å². The zero-order valence-electron chi connectivity index (χ0n) is 18.8. The Morgan fingerprint density at radius 3 is 2.65 bits per heavy atom. The summed E-state index contributed by atoms with van der Waals surface area (Å²) in [6, 6.07) is 16.8. The summed E-state index contributed by atoms with van der Waals surface area (Å²) in [6.45, 7) is 6.13. The molecule has 0 aliphatic rings. The van der Waals surface area contributed by atoms with Crippen LogP contribution in [0.15, 0.2) is 75.0 Å². The molecule has 0 saturated carbocycles. The lowest BCUT2D eigenvalue weighted by Gasteiger charge is -2.20. The highest BCUT2D eigenvalue weighted by Crippen LogP contribution is 2.26. The van der Waals surface area contributed by atoms with Crippen LogP contribution >= 0.6 is 27.5 Å². The lowest BCUT2D eigenvalue weighted by atomic mass is 9.95. The smallest absolute Gasteiger partial charge is 0.282 e. The first-order valence-corrected chi connectivity index (χ1v) is 11.7. The van der Waals surface area contributed by atoms with Crippen LogP contribution in [0.3, 0.4) is 0 Å². The molecule has 0 unspecified atom stereocenters. The minimum atomic E-state index is -0.413. The van der Waals surface area contributed by atoms with E-state index in [-0.39, 0.29) is 18.0 Å². The van der Waals surface area contributed by atoms with Gasteiger partial charge in [-0.1, -0.05) is 60.4 Å². The van der Waals surface area contributed by atoms with Crippen LogP contribution in [0, 0.1) is 5.82 Å². The highest BCUT2D eigenvalue weighted by Gasteiger charge is 2.23. The molecule has 0 N–H and O–H groups in total. The van der Waals surface area contributed by atoms with Crippen LogP contribution in [0.25, 0.3) is 10.9 Å². The zero-order chi connectivity index (χ0) is 24.5. The van der Waals surface area contributed by atoms with E-state index in [1.807, 2.05) is 32.9 Å². The average Bonchev–Trinajstić information content (AvgIpc) is 2.77. The van der Waals surface area contributed by atoms with Gasteiger partial charge in [-0.2, -0.15) is 9.78 Å². The minimum Gasteiger partial charge on any atom is -0.487 e. The van der Waals surface area contributed by atoms with E-state index in [1.54, 1.807) is 42.6 Å². The topological polar surface area (TPSA) is 56.5 Å². The average molecular weight is 543 g/mol. The summed E-state index contributed by atoms with van der Waals surface area (Å²) < 4.78 is 21.2. The number of fused-ring (bicyclic) bond motifs is 1. The number of nitrogens with zero attached hydrogens (tertiary/aromatic N) is 3. The van der Waals surface area contributed by atoms with Crippen molar-refractivity contribution in [3.8, 4) is 5.75 Å². The second kappa shape index (κ2) is 9.68. The number of halogens is 3. The molecular weight excluding hydrogens is 521 g/mol. The summed E-state index contributed by atoms with van der Waals surface area (Å²) in [4.78, 5) is 18.0. The first-order valence-electron chi connectivity index (χ1n) is 10.6. The van der Waals surface area contributed by atoms with Crippen LogP contribution in [-0.4, -0.2) is 15.9 Å². The van der Waals surface area contributed by atoms with E-state index in [2.05, 4.69) is 21.0 Å².